The highest BCUT2D eigenvalue weighted by Crippen LogP contribution is 2.32. The smallest absolute Gasteiger partial charge is 0.243 e. The van der Waals surface area contributed by atoms with Gasteiger partial charge in [0.2, 0.25) is 15.9 Å². The summed E-state index contributed by atoms with van der Waals surface area (Å²) in [5, 5.41) is 3.03. The van der Waals surface area contributed by atoms with Gasteiger partial charge in [0.1, 0.15) is 0 Å². The van der Waals surface area contributed by atoms with Gasteiger partial charge in [0, 0.05) is 45.3 Å². The zero-order valence-electron chi connectivity index (χ0n) is 17.3. The van der Waals surface area contributed by atoms with Crippen LogP contribution < -0.4 is 10.2 Å². The van der Waals surface area contributed by atoms with Gasteiger partial charge in [0.15, 0.2) is 0 Å². The van der Waals surface area contributed by atoms with E-state index < -0.39 is 10.0 Å². The number of rotatable bonds is 5. The number of benzene rings is 1. The number of nitrogens with zero attached hydrogens (tertiary/aromatic N) is 2. The van der Waals surface area contributed by atoms with Gasteiger partial charge in [0.25, 0.3) is 0 Å². The lowest BCUT2D eigenvalue weighted by Crippen LogP contribution is -2.38. The molecule has 1 N–H and O–H groups in total. The van der Waals surface area contributed by atoms with E-state index in [0.717, 1.165) is 24.9 Å². The lowest BCUT2D eigenvalue weighted by molar-refractivity contribution is -0.122. The Morgan fingerprint density at radius 1 is 0.933 bits per heavy atom. The SMILES string of the molecule is O=C(Nc1cc(S(=O)(=O)N2CCCCC2)ccc1N1CCOCC1)C1CCOCC1. The maximum Gasteiger partial charge on any atom is 0.243 e. The predicted octanol–water partition coefficient (Wildman–Crippen LogP) is 2.06. The van der Waals surface area contributed by atoms with Crippen LogP contribution in [-0.2, 0) is 24.3 Å². The Hall–Kier alpha value is -1.68. The molecule has 3 saturated heterocycles. The summed E-state index contributed by atoms with van der Waals surface area (Å²) in [6.45, 7) is 4.91. The first-order valence-electron chi connectivity index (χ1n) is 10.9. The van der Waals surface area contributed by atoms with Crippen molar-refractivity contribution in [3.8, 4) is 0 Å². The van der Waals surface area contributed by atoms with Crippen molar-refractivity contribution >= 4 is 27.3 Å². The van der Waals surface area contributed by atoms with Crippen LogP contribution in [0.4, 0.5) is 11.4 Å². The number of anilines is 2. The Morgan fingerprint density at radius 2 is 1.60 bits per heavy atom. The van der Waals surface area contributed by atoms with Crippen LogP contribution in [0, 0.1) is 5.92 Å². The Bertz CT molecular complexity index is 842. The number of amides is 1. The molecular weight excluding hydrogens is 406 g/mol. The lowest BCUT2D eigenvalue weighted by atomic mass is 9.99. The number of nitrogens with one attached hydrogen (secondary N) is 1. The second-order valence-electron chi connectivity index (χ2n) is 8.12. The molecule has 0 aromatic heterocycles. The summed E-state index contributed by atoms with van der Waals surface area (Å²) in [6, 6.07) is 5.12. The number of piperidine rings is 1. The number of ether oxygens (including phenoxy) is 2. The molecule has 3 heterocycles. The molecule has 0 radical (unpaired) electrons. The van der Waals surface area contributed by atoms with E-state index in [1.807, 2.05) is 6.07 Å². The highest BCUT2D eigenvalue weighted by Gasteiger charge is 2.29. The summed E-state index contributed by atoms with van der Waals surface area (Å²) in [6.07, 6.45) is 4.21. The van der Waals surface area contributed by atoms with Gasteiger partial charge < -0.3 is 19.7 Å². The van der Waals surface area contributed by atoms with Crippen LogP contribution >= 0.6 is 0 Å². The average molecular weight is 438 g/mol. The van der Waals surface area contributed by atoms with Crippen LogP contribution in [0.3, 0.4) is 0 Å². The molecule has 3 aliphatic heterocycles. The van der Waals surface area contributed by atoms with Crippen molar-refractivity contribution in [2.75, 3.05) is 62.8 Å². The minimum Gasteiger partial charge on any atom is -0.381 e. The van der Waals surface area contributed by atoms with Crippen LogP contribution in [0.25, 0.3) is 0 Å². The van der Waals surface area contributed by atoms with Gasteiger partial charge in [-0.05, 0) is 43.9 Å². The number of carbonyl (C=O) groups is 1. The van der Waals surface area contributed by atoms with Crippen LogP contribution in [0.15, 0.2) is 23.1 Å². The van der Waals surface area contributed by atoms with Gasteiger partial charge in [-0.1, -0.05) is 6.42 Å². The molecule has 0 unspecified atom stereocenters. The zero-order valence-corrected chi connectivity index (χ0v) is 18.2. The van der Waals surface area contributed by atoms with Gasteiger partial charge in [-0.3, -0.25) is 4.79 Å². The minimum atomic E-state index is -3.57. The molecule has 1 amide bonds. The minimum absolute atomic E-state index is 0.0691. The van der Waals surface area contributed by atoms with Crippen LogP contribution in [0.5, 0.6) is 0 Å². The highest BCUT2D eigenvalue weighted by molar-refractivity contribution is 7.89. The van der Waals surface area contributed by atoms with E-state index in [1.165, 1.54) is 0 Å². The molecule has 0 bridgehead atoms. The summed E-state index contributed by atoms with van der Waals surface area (Å²) in [7, 11) is -3.57. The Balaban J connectivity index is 1.62. The van der Waals surface area contributed by atoms with E-state index in [2.05, 4.69) is 10.2 Å². The van der Waals surface area contributed by atoms with Gasteiger partial charge in [0.05, 0.1) is 29.5 Å². The third-order valence-corrected chi connectivity index (χ3v) is 8.02. The van der Waals surface area contributed by atoms with Crippen molar-refractivity contribution in [1.82, 2.24) is 4.31 Å². The first-order valence-corrected chi connectivity index (χ1v) is 12.4. The van der Waals surface area contributed by atoms with Crippen molar-refractivity contribution in [3.63, 3.8) is 0 Å². The molecule has 0 saturated carbocycles. The molecule has 1 aromatic rings. The number of morpholine rings is 1. The molecule has 0 aliphatic carbocycles. The quantitative estimate of drug-likeness (QED) is 0.759. The molecule has 0 atom stereocenters. The second kappa shape index (κ2) is 9.64. The Morgan fingerprint density at radius 3 is 2.30 bits per heavy atom. The molecule has 8 nitrogen and oxygen atoms in total. The van der Waals surface area contributed by atoms with Crippen molar-refractivity contribution in [2.24, 2.45) is 5.92 Å². The standard InChI is InChI=1S/C21H31N3O5S/c25-21(17-6-12-28-13-7-17)22-19-16-18(30(26,27)24-8-2-1-3-9-24)4-5-20(19)23-10-14-29-15-11-23/h4-5,16-17H,1-3,6-15H2,(H,22,25). The molecule has 3 aliphatic rings. The topological polar surface area (TPSA) is 88.2 Å². The van der Waals surface area contributed by atoms with E-state index in [1.54, 1.807) is 16.4 Å². The fraction of sp³-hybridized carbons (Fsp3) is 0.667. The molecule has 0 spiro atoms. The lowest BCUT2D eigenvalue weighted by Gasteiger charge is -2.32. The summed E-state index contributed by atoms with van der Waals surface area (Å²) in [4.78, 5) is 15.3. The van der Waals surface area contributed by atoms with Crippen molar-refractivity contribution < 1.29 is 22.7 Å². The molecule has 4 rings (SSSR count). The predicted molar refractivity (Wildman–Crippen MR) is 114 cm³/mol. The molecule has 30 heavy (non-hydrogen) atoms. The largest absolute Gasteiger partial charge is 0.381 e. The average Bonchev–Trinajstić information content (AvgIpc) is 2.81. The third kappa shape index (κ3) is 4.80. The Labute approximate surface area is 178 Å². The van der Waals surface area contributed by atoms with Crippen LogP contribution in [0.1, 0.15) is 32.1 Å². The van der Waals surface area contributed by atoms with Crippen LogP contribution in [-0.4, -0.2) is 71.2 Å². The van der Waals surface area contributed by atoms with E-state index in [-0.39, 0.29) is 16.7 Å². The third-order valence-electron chi connectivity index (χ3n) is 6.12. The highest BCUT2D eigenvalue weighted by atomic mass is 32.2. The van der Waals surface area contributed by atoms with E-state index >= 15 is 0 Å². The summed E-state index contributed by atoms with van der Waals surface area (Å²) in [5.74, 6) is -0.182. The van der Waals surface area contributed by atoms with E-state index in [4.69, 9.17) is 9.47 Å². The molecular formula is C21H31N3O5S. The van der Waals surface area contributed by atoms with Crippen LogP contribution in [0.2, 0.25) is 0 Å². The number of hydrogen-bond acceptors (Lipinski definition) is 6. The van der Waals surface area contributed by atoms with Gasteiger partial charge >= 0.3 is 0 Å². The number of carbonyl (C=O) groups excluding carboxylic acids is 1. The molecule has 1 aromatic carbocycles. The summed E-state index contributed by atoms with van der Waals surface area (Å²) < 4.78 is 38.7. The monoisotopic (exact) mass is 437 g/mol. The summed E-state index contributed by atoms with van der Waals surface area (Å²) >= 11 is 0. The van der Waals surface area contributed by atoms with Crippen molar-refractivity contribution in [3.05, 3.63) is 18.2 Å². The first kappa shape index (κ1) is 21.5. The number of hydrogen-bond donors (Lipinski definition) is 1. The normalized spacial score (nSPS) is 22.1. The van der Waals surface area contributed by atoms with E-state index in [9.17, 15) is 13.2 Å². The molecule has 166 valence electrons. The number of sulfonamides is 1. The maximum absolute atomic E-state index is 13.2. The summed E-state index contributed by atoms with van der Waals surface area (Å²) in [5.41, 5.74) is 1.41. The van der Waals surface area contributed by atoms with Gasteiger partial charge in [-0.15, -0.1) is 0 Å². The molecule has 9 heteroatoms. The maximum atomic E-state index is 13.2. The van der Waals surface area contributed by atoms with Crippen molar-refractivity contribution in [2.45, 2.75) is 37.0 Å². The van der Waals surface area contributed by atoms with Crippen molar-refractivity contribution in [1.29, 1.82) is 0 Å². The molecule has 3 fully saturated rings. The van der Waals surface area contributed by atoms with Gasteiger partial charge in [-0.2, -0.15) is 4.31 Å². The Kier molecular flexibility index (Phi) is 6.92. The fourth-order valence-corrected chi connectivity index (χ4v) is 5.85. The van der Waals surface area contributed by atoms with E-state index in [0.29, 0.717) is 71.1 Å². The van der Waals surface area contributed by atoms with Gasteiger partial charge in [-0.25, -0.2) is 8.42 Å². The first-order chi connectivity index (χ1) is 14.6. The zero-order chi connectivity index (χ0) is 21.0. The fourth-order valence-electron chi connectivity index (χ4n) is 4.30. The second-order valence-corrected chi connectivity index (χ2v) is 10.1.